The third kappa shape index (κ3) is 10.3. The van der Waals surface area contributed by atoms with Crippen LogP contribution in [0.2, 0.25) is 0 Å². The second kappa shape index (κ2) is 15.1. The molecule has 10 heteroatoms. The lowest BCUT2D eigenvalue weighted by atomic mass is 9.82. The lowest BCUT2D eigenvalue weighted by Gasteiger charge is -2.29. The highest BCUT2D eigenvalue weighted by Crippen LogP contribution is 2.30. The van der Waals surface area contributed by atoms with Gasteiger partial charge in [0.15, 0.2) is 10.2 Å². The third-order valence-corrected chi connectivity index (χ3v) is 10.4. The van der Waals surface area contributed by atoms with Crippen LogP contribution in [-0.2, 0) is 0 Å². The van der Waals surface area contributed by atoms with Crippen LogP contribution in [0.3, 0.4) is 0 Å². The van der Waals surface area contributed by atoms with Crippen molar-refractivity contribution < 1.29 is 0 Å². The molecule has 0 saturated carbocycles. The summed E-state index contributed by atoms with van der Waals surface area (Å²) in [6, 6.07) is 0. The normalized spacial score (nSPS) is 16.9. The number of likely N-dealkylation sites (N-methyl/N-ethyl adjacent to an activating group) is 2. The van der Waals surface area contributed by atoms with Gasteiger partial charge in [-0.15, -0.1) is 0 Å². The molecule has 0 spiro atoms. The molecule has 2 fully saturated rings. The van der Waals surface area contributed by atoms with Crippen molar-refractivity contribution in [2.24, 2.45) is 10.8 Å². The van der Waals surface area contributed by atoms with Crippen LogP contribution in [0, 0.1) is 10.8 Å². The summed E-state index contributed by atoms with van der Waals surface area (Å²) in [7, 11) is 0. The van der Waals surface area contributed by atoms with Crippen molar-refractivity contribution >= 4 is 103 Å². The van der Waals surface area contributed by atoms with Crippen LogP contribution in [-0.4, -0.2) is 88.8 Å². The maximum absolute atomic E-state index is 5.75. The van der Waals surface area contributed by atoms with Gasteiger partial charge in [0, 0.05) is 26.2 Å². The van der Waals surface area contributed by atoms with E-state index >= 15 is 0 Å². The fourth-order valence-electron chi connectivity index (χ4n) is 4.69. The Morgan fingerprint density at radius 1 is 0.605 bits per heavy atom. The Kier molecular flexibility index (Phi) is 13.5. The van der Waals surface area contributed by atoms with Crippen molar-refractivity contribution in [3.8, 4) is 0 Å². The topological polar surface area (TPSA) is 13.0 Å². The number of rotatable bonds is 17. The molecule has 2 aliphatic heterocycles. The maximum Gasteiger partial charge on any atom is 0.176 e. The zero-order valence-electron chi connectivity index (χ0n) is 24.1. The van der Waals surface area contributed by atoms with Crippen molar-refractivity contribution in [3.63, 3.8) is 0 Å². The van der Waals surface area contributed by atoms with Gasteiger partial charge >= 0.3 is 0 Å². The molecule has 0 atom stereocenters. The summed E-state index contributed by atoms with van der Waals surface area (Å²) in [4.78, 5) is 12.8. The zero-order chi connectivity index (χ0) is 28.7. The van der Waals surface area contributed by atoms with Gasteiger partial charge < -0.3 is 19.6 Å². The maximum atomic E-state index is 5.75. The minimum atomic E-state index is 0.188. The highest BCUT2D eigenvalue weighted by atomic mass is 32.1. The van der Waals surface area contributed by atoms with Gasteiger partial charge in [-0.3, -0.25) is 0 Å². The predicted octanol–water partition coefficient (Wildman–Crippen LogP) is 7.40. The molecule has 2 rings (SSSR count). The van der Waals surface area contributed by atoms with Crippen LogP contribution in [0.25, 0.3) is 0 Å². The van der Waals surface area contributed by atoms with Crippen molar-refractivity contribution in [3.05, 3.63) is 0 Å². The van der Waals surface area contributed by atoms with Crippen LogP contribution in [0.5, 0.6) is 0 Å². The van der Waals surface area contributed by atoms with E-state index in [2.05, 4.69) is 61.1 Å². The molecule has 0 aromatic carbocycles. The molecule has 2 aliphatic rings. The van der Waals surface area contributed by atoms with E-state index in [1.807, 2.05) is 0 Å². The third-order valence-electron chi connectivity index (χ3n) is 7.89. The van der Waals surface area contributed by atoms with Crippen molar-refractivity contribution in [1.29, 1.82) is 0 Å². The highest BCUT2D eigenvalue weighted by molar-refractivity contribution is 7.82. The Hall–Kier alpha value is -0.260. The zero-order valence-corrected chi connectivity index (χ0v) is 29.0. The summed E-state index contributed by atoms with van der Waals surface area (Å²) in [5, 5.41) is 1.76. The van der Waals surface area contributed by atoms with Gasteiger partial charge in [0.05, 0.1) is 13.1 Å². The highest BCUT2D eigenvalue weighted by Gasteiger charge is 2.31. The van der Waals surface area contributed by atoms with E-state index in [9.17, 15) is 0 Å². The molecule has 38 heavy (non-hydrogen) atoms. The summed E-state index contributed by atoms with van der Waals surface area (Å²) in [5.74, 6) is 0. The number of hydrogen-bond acceptors (Lipinski definition) is 6. The summed E-state index contributed by atoms with van der Waals surface area (Å²) in [6.07, 6.45) is 8.01. The average Bonchev–Trinajstić information content (AvgIpc) is 3.30. The second-order valence-electron chi connectivity index (χ2n) is 12.1. The fraction of sp³-hybridized carbons (Fsp3) is 0.786. The van der Waals surface area contributed by atoms with Gasteiger partial charge in [-0.2, -0.15) is 0 Å². The smallest absolute Gasteiger partial charge is 0.176 e. The minimum absolute atomic E-state index is 0.188. The van der Waals surface area contributed by atoms with E-state index in [4.69, 9.17) is 73.3 Å². The molecule has 0 unspecified atom stereocenters. The first-order valence-electron chi connectivity index (χ1n) is 13.9. The summed E-state index contributed by atoms with van der Waals surface area (Å²) >= 11 is 33.9. The van der Waals surface area contributed by atoms with E-state index in [1.54, 1.807) is 0 Å². The molecule has 214 valence electrons. The molecule has 2 heterocycles. The van der Waals surface area contributed by atoms with E-state index in [0.29, 0.717) is 0 Å². The largest absolute Gasteiger partial charge is 0.342 e. The number of thiocarbonyl (C=S) groups is 6. The molecule has 0 aliphatic carbocycles. The van der Waals surface area contributed by atoms with Gasteiger partial charge in [-0.05, 0) is 110 Å². The monoisotopic (exact) mass is 630 g/mol. The summed E-state index contributed by atoms with van der Waals surface area (Å²) < 4.78 is 0. The number of nitrogens with zero attached hydrogens (tertiary/aromatic N) is 4. The SMILES string of the molecule is CCN1CC(=S)N(CCC(C)(C)CCC(=S)CCC(=S)CCC(C)(C)CCN2C(=S)CN(CC)C2=S)C1=S. The van der Waals surface area contributed by atoms with Gasteiger partial charge in [-0.1, -0.05) is 76.6 Å². The predicted molar refractivity (Wildman–Crippen MR) is 188 cm³/mol. The first kappa shape index (κ1) is 33.9. The van der Waals surface area contributed by atoms with Crippen LogP contribution in [0.1, 0.15) is 92.9 Å². The van der Waals surface area contributed by atoms with Gasteiger partial charge in [-0.25, -0.2) is 0 Å². The first-order chi connectivity index (χ1) is 17.7. The fourth-order valence-corrected chi connectivity index (χ4v) is 6.67. The van der Waals surface area contributed by atoms with E-state index in [1.165, 1.54) is 0 Å². The van der Waals surface area contributed by atoms with Crippen LogP contribution >= 0.6 is 73.3 Å². The first-order valence-corrected chi connectivity index (χ1v) is 16.4. The molecule has 0 amide bonds. The molecule has 0 bridgehead atoms. The average molecular weight is 631 g/mol. The van der Waals surface area contributed by atoms with Gasteiger partial charge in [0.1, 0.15) is 9.98 Å². The Balaban J connectivity index is 1.66. The Morgan fingerprint density at radius 2 is 0.947 bits per heavy atom. The quantitative estimate of drug-likeness (QED) is 0.150. The molecule has 2 saturated heterocycles. The van der Waals surface area contributed by atoms with E-state index in [0.717, 1.165) is 121 Å². The van der Waals surface area contributed by atoms with Crippen molar-refractivity contribution in [2.45, 2.75) is 92.9 Å². The number of hydrogen-bond donors (Lipinski definition) is 0. The van der Waals surface area contributed by atoms with Gasteiger partial charge in [0.25, 0.3) is 0 Å². The lowest BCUT2D eigenvalue weighted by molar-refractivity contribution is 0.294. The molecule has 0 radical (unpaired) electrons. The summed E-state index contributed by atoms with van der Waals surface area (Å²) in [5.41, 5.74) is 0.376. The second-order valence-corrected chi connectivity index (χ2v) is 14.9. The van der Waals surface area contributed by atoms with Crippen LogP contribution in [0.15, 0.2) is 0 Å². The molecule has 0 N–H and O–H groups in total. The standard InChI is InChI=1S/C28H46N4S6/c1-7-29-19-23(35)31(25(29)37)17-15-27(3,4)13-11-21(33)9-10-22(34)12-14-28(5,6)16-18-32-24(36)20-30(8-2)26(32)38/h7-20H2,1-6H3. The molecular formula is C28H46N4S6. The Labute approximate surface area is 264 Å². The summed E-state index contributed by atoms with van der Waals surface area (Å²) in [6.45, 7) is 18.7. The Bertz CT molecular complexity index is 854. The van der Waals surface area contributed by atoms with Gasteiger partial charge in [0.2, 0.25) is 0 Å². The lowest BCUT2D eigenvalue weighted by Crippen LogP contribution is -2.35. The van der Waals surface area contributed by atoms with Crippen molar-refractivity contribution in [2.75, 3.05) is 39.3 Å². The molecule has 4 nitrogen and oxygen atoms in total. The molecule has 0 aromatic heterocycles. The molecular weight excluding hydrogens is 585 g/mol. The van der Waals surface area contributed by atoms with Crippen molar-refractivity contribution in [1.82, 2.24) is 19.6 Å². The van der Waals surface area contributed by atoms with Crippen LogP contribution < -0.4 is 0 Å². The van der Waals surface area contributed by atoms with E-state index in [-0.39, 0.29) is 10.8 Å². The Morgan fingerprint density at radius 3 is 1.24 bits per heavy atom. The van der Waals surface area contributed by atoms with E-state index < -0.39 is 0 Å². The van der Waals surface area contributed by atoms with Crippen LogP contribution in [0.4, 0.5) is 0 Å². The molecule has 0 aromatic rings. The minimum Gasteiger partial charge on any atom is -0.342 e.